The number of nitrogens with one attached hydrogen (secondary N) is 1. The molecule has 0 spiro atoms. The number of thioether (sulfide) groups is 1. The van der Waals surface area contributed by atoms with Gasteiger partial charge in [-0.05, 0) is 42.8 Å². The summed E-state index contributed by atoms with van der Waals surface area (Å²) in [5, 5.41) is 3.48. The molecule has 3 rings (SSSR count). The molecule has 2 amide bonds. The lowest BCUT2D eigenvalue weighted by Crippen LogP contribution is -2.37. The van der Waals surface area contributed by atoms with E-state index in [1.807, 2.05) is 12.1 Å². The van der Waals surface area contributed by atoms with E-state index in [9.17, 15) is 9.59 Å². The fourth-order valence-electron chi connectivity index (χ4n) is 2.74. The minimum absolute atomic E-state index is 0.150. The number of carbonyl (C=O) groups excluding carboxylic acids is 2. The molecule has 1 aliphatic heterocycles. The van der Waals surface area contributed by atoms with Gasteiger partial charge in [0, 0.05) is 29.6 Å². The van der Waals surface area contributed by atoms with Crippen molar-refractivity contribution in [1.29, 1.82) is 0 Å². The summed E-state index contributed by atoms with van der Waals surface area (Å²) < 4.78 is 5.25. The molecular formula is C18H19ClN2O3S. The first-order valence-electron chi connectivity index (χ1n) is 8.10. The highest BCUT2D eigenvalue weighted by molar-refractivity contribution is 7.98. The third kappa shape index (κ3) is 4.58. The van der Waals surface area contributed by atoms with Gasteiger partial charge >= 0.3 is 0 Å². The fourth-order valence-corrected chi connectivity index (χ4v) is 3.62. The Bertz CT molecular complexity index is 718. The van der Waals surface area contributed by atoms with Crippen molar-refractivity contribution in [3.63, 3.8) is 0 Å². The highest BCUT2D eigenvalue weighted by Crippen LogP contribution is 2.26. The van der Waals surface area contributed by atoms with E-state index in [1.54, 1.807) is 47.2 Å². The summed E-state index contributed by atoms with van der Waals surface area (Å²) in [6, 6.07) is 10.9. The monoisotopic (exact) mass is 378 g/mol. The van der Waals surface area contributed by atoms with Crippen molar-refractivity contribution in [2.45, 2.75) is 12.2 Å². The molecule has 1 saturated heterocycles. The van der Waals surface area contributed by atoms with Gasteiger partial charge in [-0.15, -0.1) is 0 Å². The number of hydrogen-bond donors (Lipinski definition) is 1. The van der Waals surface area contributed by atoms with E-state index in [0.29, 0.717) is 24.5 Å². The van der Waals surface area contributed by atoms with Crippen LogP contribution in [-0.4, -0.2) is 30.7 Å². The average Bonchev–Trinajstić information content (AvgIpc) is 3.25. The summed E-state index contributed by atoms with van der Waals surface area (Å²) in [4.78, 5) is 26.4. The van der Waals surface area contributed by atoms with Crippen LogP contribution >= 0.6 is 23.4 Å². The Morgan fingerprint density at radius 2 is 2.12 bits per heavy atom. The zero-order valence-electron chi connectivity index (χ0n) is 13.6. The summed E-state index contributed by atoms with van der Waals surface area (Å²) in [6.45, 7) is 1.08. The number of rotatable bonds is 7. The van der Waals surface area contributed by atoms with Crippen LogP contribution in [0.3, 0.4) is 0 Å². The standard InChI is InChI=1S/C18H19ClN2O3S/c19-13-3-5-14(6-4-13)21-9-7-16(18(21)23)17(22)20-8-11-25-12-15-2-1-10-24-15/h1-6,10,16H,7-9,11-12H2,(H,20,22)/t16-/m1/s1. The van der Waals surface area contributed by atoms with Crippen molar-refractivity contribution in [3.8, 4) is 0 Å². The van der Waals surface area contributed by atoms with Crippen LogP contribution in [0.25, 0.3) is 0 Å². The molecule has 25 heavy (non-hydrogen) atoms. The predicted molar refractivity (Wildman–Crippen MR) is 99.8 cm³/mol. The SMILES string of the molecule is O=C(NCCSCc1ccco1)[C@H]1CCN(c2ccc(Cl)cc2)C1=O. The Balaban J connectivity index is 1.43. The molecule has 1 aromatic carbocycles. The van der Waals surface area contributed by atoms with Crippen LogP contribution in [0.4, 0.5) is 5.69 Å². The molecular weight excluding hydrogens is 360 g/mol. The summed E-state index contributed by atoms with van der Waals surface area (Å²) in [5.41, 5.74) is 0.777. The van der Waals surface area contributed by atoms with Crippen molar-refractivity contribution in [2.75, 3.05) is 23.7 Å². The van der Waals surface area contributed by atoms with Gasteiger partial charge < -0.3 is 14.6 Å². The van der Waals surface area contributed by atoms with Crippen LogP contribution in [0.5, 0.6) is 0 Å². The molecule has 5 nitrogen and oxygen atoms in total. The topological polar surface area (TPSA) is 62.6 Å². The van der Waals surface area contributed by atoms with Gasteiger partial charge in [-0.3, -0.25) is 9.59 Å². The second kappa shape index (κ2) is 8.45. The Morgan fingerprint density at radius 3 is 2.84 bits per heavy atom. The van der Waals surface area contributed by atoms with E-state index in [0.717, 1.165) is 23.0 Å². The smallest absolute Gasteiger partial charge is 0.239 e. The molecule has 0 unspecified atom stereocenters. The lowest BCUT2D eigenvalue weighted by molar-refractivity contribution is -0.132. The molecule has 1 atom stereocenters. The summed E-state index contributed by atoms with van der Waals surface area (Å²) in [5.74, 6) is 1.51. The first-order chi connectivity index (χ1) is 12.1. The van der Waals surface area contributed by atoms with Crippen molar-refractivity contribution in [3.05, 3.63) is 53.4 Å². The zero-order chi connectivity index (χ0) is 17.6. The first kappa shape index (κ1) is 17.9. The van der Waals surface area contributed by atoms with E-state index >= 15 is 0 Å². The number of hydrogen-bond acceptors (Lipinski definition) is 4. The number of furan rings is 1. The zero-order valence-corrected chi connectivity index (χ0v) is 15.2. The van der Waals surface area contributed by atoms with Gasteiger partial charge in [-0.25, -0.2) is 0 Å². The molecule has 0 radical (unpaired) electrons. The van der Waals surface area contributed by atoms with Gasteiger partial charge in [-0.2, -0.15) is 11.8 Å². The Hall–Kier alpha value is -1.92. The highest BCUT2D eigenvalue weighted by atomic mass is 35.5. The lowest BCUT2D eigenvalue weighted by Gasteiger charge is -2.16. The van der Waals surface area contributed by atoms with Gasteiger partial charge in [0.2, 0.25) is 11.8 Å². The normalized spacial score (nSPS) is 17.1. The minimum Gasteiger partial charge on any atom is -0.468 e. The third-order valence-corrected chi connectivity index (χ3v) is 5.26. The average molecular weight is 379 g/mol. The fraction of sp³-hybridized carbons (Fsp3) is 0.333. The highest BCUT2D eigenvalue weighted by Gasteiger charge is 2.37. The molecule has 1 N–H and O–H groups in total. The Kier molecular flexibility index (Phi) is 6.04. The van der Waals surface area contributed by atoms with Gasteiger partial charge in [0.05, 0.1) is 12.0 Å². The molecule has 0 saturated carbocycles. The van der Waals surface area contributed by atoms with Crippen LogP contribution in [0.15, 0.2) is 47.1 Å². The van der Waals surface area contributed by atoms with Crippen molar-refractivity contribution in [2.24, 2.45) is 5.92 Å². The number of anilines is 1. The van der Waals surface area contributed by atoms with Gasteiger partial charge in [0.15, 0.2) is 0 Å². The molecule has 1 fully saturated rings. The molecule has 132 valence electrons. The van der Waals surface area contributed by atoms with E-state index in [4.69, 9.17) is 16.0 Å². The maximum Gasteiger partial charge on any atom is 0.239 e. The van der Waals surface area contributed by atoms with Crippen molar-refractivity contribution >= 4 is 40.9 Å². The first-order valence-corrected chi connectivity index (χ1v) is 9.63. The minimum atomic E-state index is -0.606. The van der Waals surface area contributed by atoms with Gasteiger partial charge in [0.25, 0.3) is 0 Å². The van der Waals surface area contributed by atoms with Gasteiger partial charge in [0.1, 0.15) is 11.7 Å². The number of carbonyl (C=O) groups is 2. The number of halogens is 1. The van der Waals surface area contributed by atoms with Gasteiger partial charge in [-0.1, -0.05) is 11.6 Å². The number of nitrogens with zero attached hydrogens (tertiary/aromatic N) is 1. The predicted octanol–water partition coefficient (Wildman–Crippen LogP) is 3.34. The molecule has 1 aliphatic rings. The van der Waals surface area contributed by atoms with Crippen molar-refractivity contribution < 1.29 is 14.0 Å². The van der Waals surface area contributed by atoms with Crippen LogP contribution in [0.1, 0.15) is 12.2 Å². The molecule has 2 aromatic rings. The van der Waals surface area contributed by atoms with Crippen LogP contribution < -0.4 is 10.2 Å². The van der Waals surface area contributed by atoms with Crippen LogP contribution in [-0.2, 0) is 15.3 Å². The van der Waals surface area contributed by atoms with E-state index in [1.165, 1.54) is 0 Å². The third-order valence-electron chi connectivity index (χ3n) is 4.03. The molecule has 0 bridgehead atoms. The number of benzene rings is 1. The second-order valence-electron chi connectivity index (χ2n) is 5.73. The Labute approximate surface area is 155 Å². The van der Waals surface area contributed by atoms with E-state index < -0.39 is 5.92 Å². The van der Waals surface area contributed by atoms with E-state index in [2.05, 4.69) is 5.32 Å². The Morgan fingerprint density at radius 1 is 1.32 bits per heavy atom. The summed E-state index contributed by atoms with van der Waals surface area (Å²) >= 11 is 7.55. The van der Waals surface area contributed by atoms with Crippen molar-refractivity contribution in [1.82, 2.24) is 5.32 Å². The summed E-state index contributed by atoms with van der Waals surface area (Å²) in [7, 11) is 0. The largest absolute Gasteiger partial charge is 0.468 e. The number of amides is 2. The quantitative estimate of drug-likeness (QED) is 0.593. The second-order valence-corrected chi connectivity index (χ2v) is 7.27. The molecule has 2 heterocycles. The molecule has 1 aromatic heterocycles. The van der Waals surface area contributed by atoms with E-state index in [-0.39, 0.29) is 11.8 Å². The molecule has 7 heteroatoms. The maximum absolute atomic E-state index is 12.5. The summed E-state index contributed by atoms with van der Waals surface area (Å²) in [6.07, 6.45) is 2.18. The molecule has 0 aliphatic carbocycles. The maximum atomic E-state index is 12.5. The van der Waals surface area contributed by atoms with Crippen LogP contribution in [0.2, 0.25) is 5.02 Å². The lowest BCUT2D eigenvalue weighted by atomic mass is 10.1. The van der Waals surface area contributed by atoms with Crippen LogP contribution in [0, 0.1) is 5.92 Å².